The van der Waals surface area contributed by atoms with Crippen LogP contribution in [0.5, 0.6) is 5.75 Å². The van der Waals surface area contributed by atoms with Gasteiger partial charge in [-0.15, -0.1) is 0 Å². The third kappa shape index (κ3) is 5.38. The van der Waals surface area contributed by atoms with E-state index in [2.05, 4.69) is 15.3 Å². The van der Waals surface area contributed by atoms with Gasteiger partial charge >= 0.3 is 6.03 Å². The number of nitrogens with zero attached hydrogens (tertiary/aromatic N) is 5. The van der Waals surface area contributed by atoms with Crippen molar-refractivity contribution in [2.45, 2.75) is 39.3 Å². The Balaban J connectivity index is 1.57. The number of morpholine rings is 1. The van der Waals surface area contributed by atoms with E-state index in [1.807, 2.05) is 26.0 Å². The molecule has 0 spiro atoms. The normalized spacial score (nSPS) is 15.4. The number of aromatic nitrogens is 2. The lowest BCUT2D eigenvalue weighted by atomic mass is 10.0. The summed E-state index contributed by atoms with van der Waals surface area (Å²) in [5.41, 5.74) is 1.92. The van der Waals surface area contributed by atoms with Gasteiger partial charge in [0.2, 0.25) is 5.91 Å². The summed E-state index contributed by atoms with van der Waals surface area (Å²) in [4.78, 5) is 48.8. The topological polar surface area (TPSA) is 138 Å². The van der Waals surface area contributed by atoms with Crippen molar-refractivity contribution in [3.63, 3.8) is 0 Å². The van der Waals surface area contributed by atoms with Crippen LogP contribution in [0.4, 0.5) is 16.4 Å². The Labute approximate surface area is 202 Å². The zero-order valence-corrected chi connectivity index (χ0v) is 19.6. The van der Waals surface area contributed by atoms with Crippen molar-refractivity contribution in [3.05, 3.63) is 40.7 Å². The molecule has 3 amide bonds. The zero-order valence-electron chi connectivity index (χ0n) is 19.6. The first-order valence-corrected chi connectivity index (χ1v) is 11.4. The molecule has 2 aliphatic heterocycles. The van der Waals surface area contributed by atoms with Gasteiger partial charge in [-0.25, -0.2) is 14.8 Å². The van der Waals surface area contributed by atoms with Crippen LogP contribution in [0.1, 0.15) is 47.4 Å². The third-order valence-corrected chi connectivity index (χ3v) is 5.66. The monoisotopic (exact) mass is 478 g/mol. The lowest BCUT2D eigenvalue weighted by Crippen LogP contribution is -2.42. The molecule has 0 aliphatic carbocycles. The van der Waals surface area contributed by atoms with Gasteiger partial charge in [0, 0.05) is 31.3 Å². The van der Waals surface area contributed by atoms with Crippen molar-refractivity contribution in [1.82, 2.24) is 14.9 Å². The summed E-state index contributed by atoms with van der Waals surface area (Å²) in [6, 6.07) is 4.92. The van der Waals surface area contributed by atoms with Crippen molar-refractivity contribution >= 4 is 29.9 Å². The number of amides is 3. The largest absolute Gasteiger partial charge is 0.489 e. The van der Waals surface area contributed by atoms with Crippen LogP contribution in [0, 0.1) is 11.3 Å². The molecule has 11 heteroatoms. The van der Waals surface area contributed by atoms with Crippen molar-refractivity contribution in [3.8, 4) is 11.8 Å². The molecule has 1 saturated heterocycles. The van der Waals surface area contributed by atoms with E-state index in [-0.39, 0.29) is 42.2 Å². The first-order valence-electron chi connectivity index (χ1n) is 11.4. The second-order valence-electron chi connectivity index (χ2n) is 8.53. The number of rotatable bonds is 6. The van der Waals surface area contributed by atoms with Crippen LogP contribution in [0.3, 0.4) is 0 Å². The van der Waals surface area contributed by atoms with Crippen LogP contribution in [-0.2, 0) is 22.5 Å². The molecule has 0 saturated carbocycles. The number of carbonyl (C=O) groups is 3. The molecule has 2 aromatic rings. The highest BCUT2D eigenvalue weighted by atomic mass is 16.5. The summed E-state index contributed by atoms with van der Waals surface area (Å²) in [7, 11) is 0. The molecule has 0 unspecified atom stereocenters. The maximum absolute atomic E-state index is 13.1. The minimum Gasteiger partial charge on any atom is -0.489 e. The molecule has 35 heavy (non-hydrogen) atoms. The van der Waals surface area contributed by atoms with Crippen LogP contribution in [0.2, 0.25) is 0 Å². The van der Waals surface area contributed by atoms with E-state index in [1.165, 1.54) is 17.2 Å². The first-order chi connectivity index (χ1) is 16.9. The lowest BCUT2D eigenvalue weighted by molar-refractivity contribution is -0.143. The number of carbonyl (C=O) groups excluding carboxylic acids is 3. The Morgan fingerprint density at radius 3 is 2.91 bits per heavy atom. The summed E-state index contributed by atoms with van der Waals surface area (Å²) >= 11 is 0. The molecule has 11 nitrogen and oxygen atoms in total. The molecule has 2 aliphatic rings. The van der Waals surface area contributed by atoms with Crippen LogP contribution in [0.25, 0.3) is 0 Å². The van der Waals surface area contributed by atoms with E-state index < -0.39 is 6.03 Å². The standard InChI is InChI=1S/C24H26N6O5/c1-15(2)35-20-9-21(26-11-18(20)10-25)28-24(33)30-5-3-4-16-8-17(19(13-31)27-23(16)30)12-29-6-7-34-14-22(29)32/h8-9,11,13,15H,3-7,12,14H2,1-2H3,(H,26,28,33). The lowest BCUT2D eigenvalue weighted by Gasteiger charge is -2.30. The Morgan fingerprint density at radius 1 is 1.37 bits per heavy atom. The number of anilines is 2. The predicted molar refractivity (Wildman–Crippen MR) is 125 cm³/mol. The summed E-state index contributed by atoms with van der Waals surface area (Å²) in [5.74, 6) is 0.827. The van der Waals surface area contributed by atoms with Crippen LogP contribution >= 0.6 is 0 Å². The van der Waals surface area contributed by atoms with Crippen molar-refractivity contribution in [2.24, 2.45) is 0 Å². The number of nitriles is 1. The average molecular weight is 479 g/mol. The van der Waals surface area contributed by atoms with E-state index in [0.717, 1.165) is 5.56 Å². The molecule has 1 N–H and O–H groups in total. The average Bonchev–Trinajstić information content (AvgIpc) is 2.84. The quantitative estimate of drug-likeness (QED) is 0.624. The van der Waals surface area contributed by atoms with Gasteiger partial charge in [0.1, 0.15) is 41.3 Å². The number of aldehydes is 1. The van der Waals surface area contributed by atoms with Gasteiger partial charge in [0.25, 0.3) is 0 Å². The maximum atomic E-state index is 13.1. The molecule has 4 heterocycles. The molecular weight excluding hydrogens is 452 g/mol. The van der Waals surface area contributed by atoms with E-state index in [9.17, 15) is 19.6 Å². The third-order valence-electron chi connectivity index (χ3n) is 5.66. The number of urea groups is 1. The van der Waals surface area contributed by atoms with Crippen molar-refractivity contribution < 1.29 is 23.9 Å². The Kier molecular flexibility index (Phi) is 7.22. The summed E-state index contributed by atoms with van der Waals surface area (Å²) in [6.45, 7) is 5.27. The second-order valence-corrected chi connectivity index (χ2v) is 8.53. The van der Waals surface area contributed by atoms with Gasteiger partial charge in [-0.05, 0) is 38.3 Å². The molecule has 0 aromatic carbocycles. The van der Waals surface area contributed by atoms with Gasteiger partial charge in [-0.3, -0.25) is 19.8 Å². The molecule has 0 radical (unpaired) electrons. The first kappa shape index (κ1) is 24.1. The molecule has 182 valence electrons. The summed E-state index contributed by atoms with van der Waals surface area (Å²) in [6.07, 6.45) is 3.23. The van der Waals surface area contributed by atoms with Crippen molar-refractivity contribution in [1.29, 1.82) is 5.26 Å². The van der Waals surface area contributed by atoms with E-state index in [0.29, 0.717) is 56.0 Å². The number of fused-ring (bicyclic) bond motifs is 1. The Hall–Kier alpha value is -4.04. The number of ether oxygens (including phenoxy) is 2. The van der Waals surface area contributed by atoms with Crippen LogP contribution < -0.4 is 15.0 Å². The molecule has 0 atom stereocenters. The molecular formula is C24H26N6O5. The minimum absolute atomic E-state index is 0.0239. The highest BCUT2D eigenvalue weighted by molar-refractivity contribution is 6.01. The SMILES string of the molecule is CC(C)Oc1cc(NC(=O)N2CCCc3cc(CN4CCOCC4=O)c(C=O)nc32)ncc1C#N. The van der Waals surface area contributed by atoms with Crippen molar-refractivity contribution in [2.75, 3.05) is 36.5 Å². The number of nitrogens with one attached hydrogen (secondary N) is 1. The highest BCUT2D eigenvalue weighted by Gasteiger charge is 2.28. The number of hydrogen-bond donors (Lipinski definition) is 1. The zero-order chi connectivity index (χ0) is 24.9. The maximum Gasteiger partial charge on any atom is 0.328 e. The summed E-state index contributed by atoms with van der Waals surface area (Å²) < 4.78 is 10.8. The van der Waals surface area contributed by atoms with E-state index >= 15 is 0 Å². The highest BCUT2D eigenvalue weighted by Crippen LogP contribution is 2.29. The van der Waals surface area contributed by atoms with Gasteiger partial charge in [0.05, 0.1) is 18.9 Å². The van der Waals surface area contributed by atoms with Crippen LogP contribution in [-0.4, -0.2) is 65.5 Å². The summed E-state index contributed by atoms with van der Waals surface area (Å²) in [5, 5.41) is 12.0. The van der Waals surface area contributed by atoms with Gasteiger partial charge in [-0.2, -0.15) is 5.26 Å². The fraction of sp³-hybridized carbons (Fsp3) is 0.417. The molecule has 2 aromatic heterocycles. The number of pyridine rings is 2. The van der Waals surface area contributed by atoms with Crippen LogP contribution in [0.15, 0.2) is 18.3 Å². The predicted octanol–water partition coefficient (Wildman–Crippen LogP) is 2.29. The minimum atomic E-state index is -0.459. The van der Waals surface area contributed by atoms with E-state index in [1.54, 1.807) is 4.90 Å². The number of aryl methyl sites for hydroxylation is 1. The fourth-order valence-electron chi connectivity index (χ4n) is 4.02. The van der Waals surface area contributed by atoms with E-state index in [4.69, 9.17) is 9.47 Å². The molecule has 1 fully saturated rings. The Morgan fingerprint density at radius 2 is 2.20 bits per heavy atom. The molecule has 4 rings (SSSR count). The molecule has 0 bridgehead atoms. The Bertz CT molecular complexity index is 1190. The van der Waals surface area contributed by atoms with Gasteiger partial charge in [-0.1, -0.05) is 0 Å². The van der Waals surface area contributed by atoms with Gasteiger partial charge in [0.15, 0.2) is 6.29 Å². The number of hydrogen-bond acceptors (Lipinski definition) is 8. The fourth-order valence-corrected chi connectivity index (χ4v) is 4.02. The van der Waals surface area contributed by atoms with Gasteiger partial charge < -0.3 is 14.4 Å². The smallest absolute Gasteiger partial charge is 0.328 e. The second kappa shape index (κ2) is 10.5.